The molecule has 1 heterocycles. The van der Waals surface area contributed by atoms with Crippen molar-refractivity contribution in [3.8, 4) is 0 Å². The maximum Gasteiger partial charge on any atom is 0.211 e. The van der Waals surface area contributed by atoms with Gasteiger partial charge < -0.3 is 5.21 Å². The second-order valence-electron chi connectivity index (χ2n) is 7.05. The highest BCUT2D eigenvalue weighted by Gasteiger charge is 2.23. The monoisotopic (exact) mass is 488 g/mol. The molecule has 8 nitrogen and oxygen atoms in total. The molecule has 2 N–H and O–H groups in total. The Morgan fingerprint density at radius 2 is 2.14 bits per heavy atom. The maximum atomic E-state index is 13.4. The van der Waals surface area contributed by atoms with Crippen LogP contribution >= 0.6 is 15.9 Å². The van der Waals surface area contributed by atoms with Crippen molar-refractivity contribution >= 4 is 31.7 Å². The molecule has 0 spiro atoms. The number of rotatable bonds is 10. The Hall–Kier alpha value is -1.85. The van der Waals surface area contributed by atoms with Crippen LogP contribution in [0.25, 0.3) is 0 Å². The minimum Gasteiger partial charge on any atom is -0.411 e. The van der Waals surface area contributed by atoms with Crippen molar-refractivity contribution < 1.29 is 22.6 Å². The highest BCUT2D eigenvalue weighted by Crippen LogP contribution is 2.20. The van der Waals surface area contributed by atoms with Gasteiger partial charge in [-0.1, -0.05) is 22.8 Å². The van der Waals surface area contributed by atoms with Crippen molar-refractivity contribution in [2.24, 2.45) is 5.16 Å². The van der Waals surface area contributed by atoms with Crippen molar-refractivity contribution in [2.75, 3.05) is 5.75 Å². The molecule has 0 aliphatic heterocycles. The number of aryl methyl sites for hydroxylation is 1. The smallest absolute Gasteiger partial charge is 0.211 e. The number of nitrogens with zero attached hydrogens (tertiary/aromatic N) is 3. The molecule has 1 aliphatic rings. The maximum absolute atomic E-state index is 13.4. The van der Waals surface area contributed by atoms with Gasteiger partial charge in [0.15, 0.2) is 5.69 Å². The summed E-state index contributed by atoms with van der Waals surface area (Å²) in [5.74, 6) is -0.337. The Morgan fingerprint density at radius 3 is 2.79 bits per heavy atom. The lowest BCUT2D eigenvalue weighted by molar-refractivity contribution is 0.300. The van der Waals surface area contributed by atoms with E-state index in [4.69, 9.17) is 4.63 Å². The Labute approximate surface area is 176 Å². The number of benzene rings is 1. The molecule has 0 unspecified atom stereocenters. The molecule has 0 saturated heterocycles. The largest absolute Gasteiger partial charge is 0.411 e. The Balaban J connectivity index is 1.55. The topological polar surface area (TPSA) is 118 Å². The third-order valence-electron chi connectivity index (χ3n) is 4.83. The SMILES string of the molecule is O=S(=O)(CCCCc1nonc1/C(Cc1ccc(F)c(Br)c1)=N/O)NC1CCC1. The molecule has 0 radical (unpaired) electrons. The summed E-state index contributed by atoms with van der Waals surface area (Å²) in [5, 5.41) is 20.4. The minimum absolute atomic E-state index is 0.0503. The zero-order valence-electron chi connectivity index (χ0n) is 15.6. The van der Waals surface area contributed by atoms with Crippen molar-refractivity contribution in [1.29, 1.82) is 0 Å². The van der Waals surface area contributed by atoms with Crippen LogP contribution in [0.15, 0.2) is 32.5 Å². The van der Waals surface area contributed by atoms with Gasteiger partial charge >= 0.3 is 0 Å². The van der Waals surface area contributed by atoms with Gasteiger partial charge in [-0.2, -0.15) is 0 Å². The number of sulfonamides is 1. The highest BCUT2D eigenvalue weighted by molar-refractivity contribution is 9.10. The Kier molecular flexibility index (Phi) is 7.36. The fourth-order valence-electron chi connectivity index (χ4n) is 3.02. The molecule has 3 rings (SSSR count). The molecule has 1 aromatic carbocycles. The molecule has 1 saturated carbocycles. The van der Waals surface area contributed by atoms with Gasteiger partial charge in [0.05, 0.1) is 10.2 Å². The van der Waals surface area contributed by atoms with Crippen LogP contribution in [0, 0.1) is 5.82 Å². The molecule has 29 heavy (non-hydrogen) atoms. The van der Waals surface area contributed by atoms with Gasteiger partial charge in [-0.25, -0.2) is 22.2 Å². The molecule has 2 aromatic rings. The van der Waals surface area contributed by atoms with Crippen LogP contribution in [0.4, 0.5) is 4.39 Å². The van der Waals surface area contributed by atoms with Crippen molar-refractivity contribution in [2.45, 2.75) is 51.0 Å². The van der Waals surface area contributed by atoms with Gasteiger partial charge in [-0.15, -0.1) is 0 Å². The zero-order chi connectivity index (χ0) is 20.9. The van der Waals surface area contributed by atoms with Crippen LogP contribution in [0.3, 0.4) is 0 Å². The Morgan fingerprint density at radius 1 is 1.34 bits per heavy atom. The van der Waals surface area contributed by atoms with E-state index in [9.17, 15) is 18.0 Å². The molecule has 11 heteroatoms. The summed E-state index contributed by atoms with van der Waals surface area (Å²) in [6.45, 7) is 0. The number of unbranched alkanes of at least 4 members (excludes halogenated alkanes) is 1. The van der Waals surface area contributed by atoms with Crippen molar-refractivity contribution in [3.63, 3.8) is 0 Å². The van der Waals surface area contributed by atoms with Crippen LogP contribution in [-0.4, -0.2) is 41.4 Å². The number of hydrogen-bond acceptors (Lipinski definition) is 7. The van der Waals surface area contributed by atoms with E-state index in [1.54, 1.807) is 12.1 Å². The lowest BCUT2D eigenvalue weighted by Crippen LogP contribution is -2.40. The predicted molar refractivity (Wildman–Crippen MR) is 108 cm³/mol. The second kappa shape index (κ2) is 9.77. The quantitative estimate of drug-likeness (QED) is 0.229. The first-order valence-electron chi connectivity index (χ1n) is 9.34. The fraction of sp³-hybridized carbons (Fsp3) is 0.500. The minimum atomic E-state index is -3.27. The van der Waals surface area contributed by atoms with Crippen molar-refractivity contribution in [1.82, 2.24) is 15.0 Å². The summed E-state index contributed by atoms with van der Waals surface area (Å²) < 4.78 is 45.3. The highest BCUT2D eigenvalue weighted by atomic mass is 79.9. The normalized spacial score (nSPS) is 15.4. The number of halogens is 2. The fourth-order valence-corrected chi connectivity index (χ4v) is 4.89. The summed E-state index contributed by atoms with van der Waals surface area (Å²) >= 11 is 3.12. The van der Waals surface area contributed by atoms with Gasteiger partial charge in [-0.05, 0) is 70.9 Å². The van der Waals surface area contributed by atoms with E-state index in [1.807, 2.05) is 0 Å². The third-order valence-corrected chi connectivity index (χ3v) is 6.96. The first kappa shape index (κ1) is 21.8. The number of hydrogen-bond donors (Lipinski definition) is 2. The summed E-state index contributed by atoms with van der Waals surface area (Å²) in [7, 11) is -3.27. The number of aromatic nitrogens is 2. The van der Waals surface area contributed by atoms with Crippen molar-refractivity contribution in [3.05, 3.63) is 45.4 Å². The lowest BCUT2D eigenvalue weighted by atomic mass is 9.94. The average molecular weight is 489 g/mol. The van der Waals surface area contributed by atoms with Crippen LogP contribution in [0.1, 0.15) is 49.1 Å². The van der Waals surface area contributed by atoms with Crippen LogP contribution in [0.5, 0.6) is 0 Å². The molecule has 158 valence electrons. The molecule has 0 amide bonds. The number of oxime groups is 1. The molecule has 0 atom stereocenters. The van der Waals surface area contributed by atoms with E-state index in [-0.39, 0.29) is 29.7 Å². The summed E-state index contributed by atoms with van der Waals surface area (Å²) in [6.07, 6.45) is 4.54. The van der Waals surface area contributed by atoms with Gasteiger partial charge in [0, 0.05) is 12.5 Å². The second-order valence-corrected chi connectivity index (χ2v) is 9.78. The standard InChI is InChI=1S/C18H22BrFN4O4S/c19-14-10-12(7-8-15(14)20)11-17(21-25)18-16(22-28-23-18)6-1-2-9-29(26,27)24-13-4-3-5-13/h7-8,10,13,24-25H,1-6,9,11H2/b21-17+. The predicted octanol–water partition coefficient (Wildman–Crippen LogP) is 3.19. The van der Waals surface area contributed by atoms with E-state index in [2.05, 4.69) is 36.1 Å². The molecular formula is C18H22BrFN4O4S. The zero-order valence-corrected chi connectivity index (χ0v) is 18.0. The van der Waals surface area contributed by atoms with Crippen LogP contribution in [0.2, 0.25) is 0 Å². The average Bonchev–Trinajstić information content (AvgIpc) is 3.11. The van der Waals surface area contributed by atoms with E-state index in [0.29, 0.717) is 40.7 Å². The molecule has 1 fully saturated rings. The first-order chi connectivity index (χ1) is 13.9. The van der Waals surface area contributed by atoms with Crippen LogP contribution < -0.4 is 4.72 Å². The summed E-state index contributed by atoms with van der Waals surface area (Å²) in [6, 6.07) is 4.57. The summed E-state index contributed by atoms with van der Waals surface area (Å²) in [5.41, 5.74) is 1.75. The van der Waals surface area contributed by atoms with E-state index in [0.717, 1.165) is 19.3 Å². The van der Waals surface area contributed by atoms with Gasteiger partial charge in [0.25, 0.3) is 0 Å². The number of nitrogens with one attached hydrogen (secondary N) is 1. The molecule has 1 aliphatic carbocycles. The van der Waals surface area contributed by atoms with Gasteiger partial charge in [0.2, 0.25) is 10.0 Å². The van der Waals surface area contributed by atoms with Gasteiger partial charge in [-0.3, -0.25) is 0 Å². The molecular weight excluding hydrogens is 467 g/mol. The molecule has 0 bridgehead atoms. The first-order valence-corrected chi connectivity index (χ1v) is 11.8. The van der Waals surface area contributed by atoms with E-state index < -0.39 is 10.0 Å². The van der Waals surface area contributed by atoms with Gasteiger partial charge in [0.1, 0.15) is 17.2 Å². The molecule has 1 aromatic heterocycles. The third kappa shape index (κ3) is 6.06. The summed E-state index contributed by atoms with van der Waals surface area (Å²) in [4.78, 5) is 0. The Bertz CT molecular complexity index is 976. The van der Waals surface area contributed by atoms with Crippen LogP contribution in [-0.2, 0) is 22.9 Å². The van der Waals surface area contributed by atoms with E-state index >= 15 is 0 Å². The van der Waals surface area contributed by atoms with E-state index in [1.165, 1.54) is 6.07 Å². The lowest BCUT2D eigenvalue weighted by Gasteiger charge is -2.26.